The van der Waals surface area contributed by atoms with E-state index in [9.17, 15) is 4.79 Å². The maximum atomic E-state index is 12.8. The first-order chi connectivity index (χ1) is 9.89. The van der Waals surface area contributed by atoms with E-state index in [1.807, 2.05) is 36.9 Å². The second kappa shape index (κ2) is 8.18. The van der Waals surface area contributed by atoms with Crippen molar-refractivity contribution < 1.29 is 4.79 Å². The molecule has 118 valence electrons. The van der Waals surface area contributed by atoms with Crippen LogP contribution in [0.1, 0.15) is 52.5 Å². The second-order valence-corrected chi connectivity index (χ2v) is 6.44. The SMILES string of the molecule is CCN(CC)C(=O)C(CCNC(C)(C)C)c1ccccc1. The Morgan fingerprint density at radius 2 is 1.71 bits per heavy atom. The fourth-order valence-electron chi connectivity index (χ4n) is 2.47. The summed E-state index contributed by atoms with van der Waals surface area (Å²) in [6, 6.07) is 10.1. The van der Waals surface area contributed by atoms with Gasteiger partial charge in [-0.3, -0.25) is 4.79 Å². The maximum Gasteiger partial charge on any atom is 0.230 e. The van der Waals surface area contributed by atoms with Crippen molar-refractivity contribution in [2.75, 3.05) is 19.6 Å². The van der Waals surface area contributed by atoms with Crippen LogP contribution in [0.15, 0.2) is 30.3 Å². The van der Waals surface area contributed by atoms with Crippen LogP contribution in [0.25, 0.3) is 0 Å². The van der Waals surface area contributed by atoms with Gasteiger partial charge in [0.05, 0.1) is 5.92 Å². The molecule has 3 nitrogen and oxygen atoms in total. The largest absolute Gasteiger partial charge is 0.343 e. The monoisotopic (exact) mass is 290 g/mol. The highest BCUT2D eigenvalue weighted by atomic mass is 16.2. The highest BCUT2D eigenvalue weighted by molar-refractivity contribution is 5.83. The van der Waals surface area contributed by atoms with Gasteiger partial charge in [-0.2, -0.15) is 0 Å². The summed E-state index contributed by atoms with van der Waals surface area (Å²) in [7, 11) is 0. The number of nitrogens with one attached hydrogen (secondary N) is 1. The third-order valence-corrected chi connectivity index (χ3v) is 3.66. The van der Waals surface area contributed by atoms with Crippen molar-refractivity contribution in [3.63, 3.8) is 0 Å². The molecule has 1 amide bonds. The third kappa shape index (κ3) is 5.88. The number of amides is 1. The zero-order valence-electron chi connectivity index (χ0n) is 14.1. The van der Waals surface area contributed by atoms with Gasteiger partial charge >= 0.3 is 0 Å². The van der Waals surface area contributed by atoms with Gasteiger partial charge in [-0.1, -0.05) is 30.3 Å². The molecule has 0 aliphatic heterocycles. The molecule has 1 N–H and O–H groups in total. The lowest BCUT2D eigenvalue weighted by Crippen LogP contribution is -2.39. The molecule has 1 atom stereocenters. The van der Waals surface area contributed by atoms with Crippen molar-refractivity contribution in [3.05, 3.63) is 35.9 Å². The summed E-state index contributed by atoms with van der Waals surface area (Å²) in [4.78, 5) is 14.7. The molecule has 21 heavy (non-hydrogen) atoms. The van der Waals surface area contributed by atoms with E-state index in [0.717, 1.165) is 31.6 Å². The van der Waals surface area contributed by atoms with Gasteiger partial charge in [0.1, 0.15) is 0 Å². The summed E-state index contributed by atoms with van der Waals surface area (Å²) >= 11 is 0. The Bertz CT molecular complexity index is 419. The Balaban J connectivity index is 2.83. The number of likely N-dealkylation sites (N-methyl/N-ethyl adjacent to an activating group) is 1. The summed E-state index contributed by atoms with van der Waals surface area (Å²) in [5, 5.41) is 3.48. The van der Waals surface area contributed by atoms with Gasteiger partial charge in [0.2, 0.25) is 5.91 Å². The topological polar surface area (TPSA) is 32.3 Å². The number of carbonyl (C=O) groups excluding carboxylic acids is 1. The van der Waals surface area contributed by atoms with Crippen LogP contribution in [0, 0.1) is 0 Å². The maximum absolute atomic E-state index is 12.8. The van der Waals surface area contributed by atoms with Gasteiger partial charge in [-0.05, 0) is 53.1 Å². The van der Waals surface area contributed by atoms with Gasteiger partial charge in [0, 0.05) is 18.6 Å². The van der Waals surface area contributed by atoms with E-state index in [1.54, 1.807) is 0 Å². The minimum atomic E-state index is -0.0547. The van der Waals surface area contributed by atoms with Crippen molar-refractivity contribution in [3.8, 4) is 0 Å². The fraction of sp³-hybridized carbons (Fsp3) is 0.611. The zero-order valence-corrected chi connectivity index (χ0v) is 14.1. The highest BCUT2D eigenvalue weighted by Crippen LogP contribution is 2.22. The predicted octanol–water partition coefficient (Wildman–Crippen LogP) is 3.42. The first-order valence-corrected chi connectivity index (χ1v) is 7.97. The Hall–Kier alpha value is -1.35. The summed E-state index contributed by atoms with van der Waals surface area (Å²) < 4.78 is 0. The smallest absolute Gasteiger partial charge is 0.230 e. The van der Waals surface area contributed by atoms with Crippen molar-refractivity contribution in [2.24, 2.45) is 0 Å². The first-order valence-electron chi connectivity index (χ1n) is 7.97. The van der Waals surface area contributed by atoms with Crippen LogP contribution in [0.4, 0.5) is 0 Å². The summed E-state index contributed by atoms with van der Waals surface area (Å²) in [5.74, 6) is 0.183. The molecule has 1 aromatic carbocycles. The van der Waals surface area contributed by atoms with Gasteiger partial charge in [-0.15, -0.1) is 0 Å². The lowest BCUT2D eigenvalue weighted by atomic mass is 9.93. The van der Waals surface area contributed by atoms with E-state index >= 15 is 0 Å². The van der Waals surface area contributed by atoms with Crippen LogP contribution in [-0.2, 0) is 4.79 Å². The number of rotatable bonds is 7. The Morgan fingerprint density at radius 3 is 2.19 bits per heavy atom. The third-order valence-electron chi connectivity index (χ3n) is 3.66. The summed E-state index contributed by atoms with van der Waals surface area (Å²) in [5.41, 5.74) is 1.20. The molecule has 0 saturated carbocycles. The molecular formula is C18H30N2O. The van der Waals surface area contributed by atoms with E-state index < -0.39 is 0 Å². The molecule has 0 radical (unpaired) electrons. The summed E-state index contributed by atoms with van der Waals surface area (Å²) in [6.07, 6.45) is 0.830. The standard InChI is InChI=1S/C18H30N2O/c1-6-20(7-2)17(21)16(13-14-19-18(3,4)5)15-11-9-8-10-12-15/h8-12,16,19H,6-7,13-14H2,1-5H3. The van der Waals surface area contributed by atoms with Crippen LogP contribution in [0.5, 0.6) is 0 Å². The van der Waals surface area contributed by atoms with Crippen LogP contribution in [-0.4, -0.2) is 36.0 Å². The number of hydrogen-bond donors (Lipinski definition) is 1. The van der Waals surface area contributed by atoms with Crippen LogP contribution < -0.4 is 5.32 Å². The minimum Gasteiger partial charge on any atom is -0.343 e. The molecule has 0 bridgehead atoms. The number of benzene rings is 1. The van der Waals surface area contributed by atoms with E-state index in [1.165, 1.54) is 0 Å². The molecule has 0 saturated heterocycles. The van der Waals surface area contributed by atoms with Crippen LogP contribution in [0.3, 0.4) is 0 Å². The van der Waals surface area contributed by atoms with Crippen molar-refractivity contribution in [2.45, 2.75) is 52.5 Å². The molecule has 3 heteroatoms. The number of nitrogens with zero attached hydrogens (tertiary/aromatic N) is 1. The van der Waals surface area contributed by atoms with E-state index in [4.69, 9.17) is 0 Å². The van der Waals surface area contributed by atoms with Gasteiger partial charge in [0.15, 0.2) is 0 Å². The molecule has 1 unspecified atom stereocenters. The van der Waals surface area contributed by atoms with Crippen molar-refractivity contribution in [1.29, 1.82) is 0 Å². The van der Waals surface area contributed by atoms with Gasteiger partial charge in [-0.25, -0.2) is 0 Å². The molecule has 0 spiro atoms. The Morgan fingerprint density at radius 1 is 1.14 bits per heavy atom. The average Bonchev–Trinajstić information content (AvgIpc) is 2.44. The van der Waals surface area contributed by atoms with E-state index in [2.05, 4.69) is 38.2 Å². The van der Waals surface area contributed by atoms with Crippen LogP contribution >= 0.6 is 0 Å². The molecule has 0 fully saturated rings. The lowest BCUT2D eigenvalue weighted by molar-refractivity contribution is -0.132. The van der Waals surface area contributed by atoms with E-state index in [0.29, 0.717) is 0 Å². The number of hydrogen-bond acceptors (Lipinski definition) is 2. The van der Waals surface area contributed by atoms with Crippen molar-refractivity contribution >= 4 is 5.91 Å². The van der Waals surface area contributed by atoms with Crippen LogP contribution in [0.2, 0.25) is 0 Å². The number of carbonyl (C=O) groups is 1. The highest BCUT2D eigenvalue weighted by Gasteiger charge is 2.24. The molecule has 0 aliphatic rings. The zero-order chi connectivity index (χ0) is 15.9. The Labute approximate surface area is 129 Å². The normalized spacial score (nSPS) is 13.0. The summed E-state index contributed by atoms with van der Waals surface area (Å²) in [6.45, 7) is 12.9. The second-order valence-electron chi connectivity index (χ2n) is 6.44. The quantitative estimate of drug-likeness (QED) is 0.834. The van der Waals surface area contributed by atoms with Crippen molar-refractivity contribution in [1.82, 2.24) is 10.2 Å². The minimum absolute atomic E-state index is 0.0547. The molecule has 0 aliphatic carbocycles. The van der Waals surface area contributed by atoms with Gasteiger partial charge < -0.3 is 10.2 Å². The van der Waals surface area contributed by atoms with Gasteiger partial charge in [0.25, 0.3) is 0 Å². The molecule has 1 rings (SSSR count). The lowest BCUT2D eigenvalue weighted by Gasteiger charge is -2.27. The fourth-order valence-corrected chi connectivity index (χ4v) is 2.47. The predicted molar refractivity (Wildman–Crippen MR) is 89.5 cm³/mol. The molecule has 0 heterocycles. The Kier molecular flexibility index (Phi) is 6.90. The van der Waals surface area contributed by atoms with E-state index in [-0.39, 0.29) is 17.4 Å². The molecular weight excluding hydrogens is 260 g/mol. The average molecular weight is 290 g/mol. The molecule has 0 aromatic heterocycles. The molecule has 1 aromatic rings. The first kappa shape index (κ1) is 17.7.